The molecule has 0 aromatic heterocycles. The number of nitrogens with two attached hydrogens (primary N) is 2. The summed E-state index contributed by atoms with van der Waals surface area (Å²) in [5, 5.41) is 8.45. The first-order valence-corrected chi connectivity index (χ1v) is 4.62. The molecular formula is C9H10BrN3. The molecule has 4 N–H and O–H groups in total. The summed E-state index contributed by atoms with van der Waals surface area (Å²) in [6.07, 6.45) is 0.307. The Morgan fingerprint density at radius 3 is 2.77 bits per heavy atom. The number of hydrogen-bond donors (Lipinski definition) is 2. The molecule has 0 amide bonds. The lowest BCUT2D eigenvalue weighted by atomic mass is 10.1. The van der Waals surface area contributed by atoms with Crippen molar-refractivity contribution in [1.82, 2.24) is 0 Å². The fourth-order valence-electron chi connectivity index (χ4n) is 1.01. The zero-order valence-corrected chi connectivity index (χ0v) is 8.58. The Morgan fingerprint density at radius 2 is 2.23 bits per heavy atom. The largest absolute Gasteiger partial charge is 0.398 e. The number of nitriles is 1. The van der Waals surface area contributed by atoms with Crippen LogP contribution in [0.3, 0.4) is 0 Å². The fourth-order valence-corrected chi connectivity index (χ4v) is 1.26. The van der Waals surface area contributed by atoms with Gasteiger partial charge in [-0.3, -0.25) is 0 Å². The molecule has 0 fully saturated rings. The molecule has 0 aliphatic heterocycles. The van der Waals surface area contributed by atoms with Crippen LogP contribution in [0.15, 0.2) is 22.7 Å². The summed E-state index contributed by atoms with van der Waals surface area (Å²) in [6.45, 7) is 0. The van der Waals surface area contributed by atoms with Gasteiger partial charge in [-0.15, -0.1) is 0 Å². The number of nitrogen functional groups attached to an aromatic ring is 1. The molecule has 1 rings (SSSR count). The lowest BCUT2D eigenvalue weighted by molar-refractivity contribution is 0.749. The third-order valence-corrected chi connectivity index (χ3v) is 2.48. The Morgan fingerprint density at radius 1 is 1.54 bits per heavy atom. The average Bonchev–Trinajstić information content (AvgIpc) is 2.10. The molecule has 1 unspecified atom stereocenters. The number of benzene rings is 1. The van der Waals surface area contributed by atoms with E-state index in [9.17, 15) is 0 Å². The van der Waals surface area contributed by atoms with Crippen LogP contribution in [0.1, 0.15) is 18.0 Å². The molecule has 13 heavy (non-hydrogen) atoms. The molecule has 3 nitrogen and oxygen atoms in total. The van der Waals surface area contributed by atoms with Crippen LogP contribution < -0.4 is 11.5 Å². The third kappa shape index (κ3) is 2.44. The van der Waals surface area contributed by atoms with Gasteiger partial charge in [-0.05, 0) is 33.6 Å². The second-order valence-corrected chi connectivity index (χ2v) is 3.60. The minimum absolute atomic E-state index is 0.250. The summed E-state index contributed by atoms with van der Waals surface area (Å²) in [7, 11) is 0. The molecule has 0 saturated heterocycles. The van der Waals surface area contributed by atoms with E-state index in [0.29, 0.717) is 12.1 Å². The molecule has 0 aliphatic carbocycles. The predicted molar refractivity (Wildman–Crippen MR) is 55.7 cm³/mol. The van der Waals surface area contributed by atoms with Crippen LogP contribution in [0.2, 0.25) is 0 Å². The van der Waals surface area contributed by atoms with E-state index >= 15 is 0 Å². The molecule has 1 atom stereocenters. The summed E-state index contributed by atoms with van der Waals surface area (Å²) in [6, 6.07) is 7.26. The number of hydrogen-bond acceptors (Lipinski definition) is 3. The number of rotatable bonds is 2. The topological polar surface area (TPSA) is 75.8 Å². The van der Waals surface area contributed by atoms with Gasteiger partial charge in [0.05, 0.1) is 12.5 Å². The van der Waals surface area contributed by atoms with Gasteiger partial charge in [-0.2, -0.15) is 5.26 Å². The number of halogens is 1. The zero-order chi connectivity index (χ0) is 9.84. The van der Waals surface area contributed by atoms with E-state index in [4.69, 9.17) is 16.7 Å². The molecule has 0 heterocycles. The summed E-state index contributed by atoms with van der Waals surface area (Å²) in [5.74, 6) is 0. The van der Waals surface area contributed by atoms with Gasteiger partial charge < -0.3 is 11.5 Å². The van der Waals surface area contributed by atoms with Gasteiger partial charge in [0, 0.05) is 16.2 Å². The van der Waals surface area contributed by atoms with E-state index in [1.165, 1.54) is 0 Å². The highest BCUT2D eigenvalue weighted by Crippen LogP contribution is 2.23. The Kier molecular flexibility index (Phi) is 3.29. The summed E-state index contributed by atoms with van der Waals surface area (Å²) >= 11 is 3.29. The number of nitrogens with zero attached hydrogens (tertiary/aromatic N) is 1. The smallest absolute Gasteiger partial charge is 0.0641 e. The minimum atomic E-state index is -0.250. The molecule has 68 valence electrons. The highest BCUT2D eigenvalue weighted by Gasteiger charge is 2.06. The Balaban J connectivity index is 2.91. The van der Waals surface area contributed by atoms with E-state index in [-0.39, 0.29) is 6.04 Å². The van der Waals surface area contributed by atoms with Gasteiger partial charge in [0.1, 0.15) is 0 Å². The molecule has 0 saturated carbocycles. The van der Waals surface area contributed by atoms with E-state index in [0.717, 1.165) is 10.0 Å². The molecule has 0 radical (unpaired) electrons. The average molecular weight is 240 g/mol. The maximum absolute atomic E-state index is 8.45. The molecule has 1 aromatic rings. The van der Waals surface area contributed by atoms with E-state index in [1.807, 2.05) is 18.2 Å². The second-order valence-electron chi connectivity index (χ2n) is 2.75. The van der Waals surface area contributed by atoms with Crippen LogP contribution in [-0.4, -0.2) is 0 Å². The van der Waals surface area contributed by atoms with Crippen LogP contribution in [0, 0.1) is 11.3 Å². The number of anilines is 1. The van der Waals surface area contributed by atoms with E-state index < -0.39 is 0 Å². The van der Waals surface area contributed by atoms with Crippen LogP contribution >= 0.6 is 15.9 Å². The van der Waals surface area contributed by atoms with Crippen molar-refractivity contribution >= 4 is 21.6 Å². The second kappa shape index (κ2) is 4.26. The van der Waals surface area contributed by atoms with E-state index in [1.54, 1.807) is 6.07 Å². The fraction of sp³-hybridized carbons (Fsp3) is 0.222. The quantitative estimate of drug-likeness (QED) is 0.775. The van der Waals surface area contributed by atoms with Gasteiger partial charge in [0.15, 0.2) is 0 Å². The van der Waals surface area contributed by atoms with E-state index in [2.05, 4.69) is 15.9 Å². The third-order valence-electron chi connectivity index (χ3n) is 1.76. The van der Waals surface area contributed by atoms with Crippen molar-refractivity contribution in [2.45, 2.75) is 12.5 Å². The lowest BCUT2D eigenvalue weighted by Gasteiger charge is -2.08. The van der Waals surface area contributed by atoms with Gasteiger partial charge >= 0.3 is 0 Å². The molecule has 4 heteroatoms. The minimum Gasteiger partial charge on any atom is -0.398 e. The van der Waals surface area contributed by atoms with Crippen molar-refractivity contribution in [2.75, 3.05) is 5.73 Å². The Hall–Kier alpha value is -1.05. The van der Waals surface area contributed by atoms with Crippen molar-refractivity contribution in [1.29, 1.82) is 5.26 Å². The van der Waals surface area contributed by atoms with Crippen LogP contribution in [-0.2, 0) is 0 Å². The highest BCUT2D eigenvalue weighted by atomic mass is 79.9. The Labute approximate surface area is 85.5 Å². The highest BCUT2D eigenvalue weighted by molar-refractivity contribution is 9.10. The SMILES string of the molecule is N#CCC(N)c1ccc(Br)c(N)c1. The predicted octanol–water partition coefficient (Wildman–Crippen LogP) is 1.94. The molecule has 0 bridgehead atoms. The normalized spacial score (nSPS) is 12.1. The van der Waals surface area contributed by atoms with Crippen molar-refractivity contribution in [2.24, 2.45) is 5.73 Å². The van der Waals surface area contributed by atoms with Crippen LogP contribution in [0.5, 0.6) is 0 Å². The first kappa shape index (κ1) is 10.0. The maximum Gasteiger partial charge on any atom is 0.0641 e. The lowest BCUT2D eigenvalue weighted by Crippen LogP contribution is -2.09. The Bertz CT molecular complexity index is 343. The van der Waals surface area contributed by atoms with Crippen LogP contribution in [0.4, 0.5) is 5.69 Å². The maximum atomic E-state index is 8.45. The molecule has 0 spiro atoms. The van der Waals surface area contributed by atoms with Gasteiger partial charge in [-0.25, -0.2) is 0 Å². The van der Waals surface area contributed by atoms with Gasteiger partial charge in [0.2, 0.25) is 0 Å². The standard InChI is InChI=1S/C9H10BrN3/c10-7-2-1-6(5-9(7)13)8(12)3-4-11/h1-2,5,8H,3,12-13H2. The van der Waals surface area contributed by atoms with Gasteiger partial charge in [-0.1, -0.05) is 6.07 Å². The molecular weight excluding hydrogens is 230 g/mol. The van der Waals surface area contributed by atoms with Crippen LogP contribution in [0.25, 0.3) is 0 Å². The first-order chi connectivity index (χ1) is 6.15. The monoisotopic (exact) mass is 239 g/mol. The van der Waals surface area contributed by atoms with Crippen molar-refractivity contribution in [3.8, 4) is 6.07 Å². The van der Waals surface area contributed by atoms with Crippen molar-refractivity contribution < 1.29 is 0 Å². The first-order valence-electron chi connectivity index (χ1n) is 3.82. The summed E-state index contributed by atoms with van der Waals surface area (Å²) in [5.41, 5.74) is 12.9. The van der Waals surface area contributed by atoms with Gasteiger partial charge in [0.25, 0.3) is 0 Å². The zero-order valence-electron chi connectivity index (χ0n) is 7.00. The summed E-state index contributed by atoms with van der Waals surface area (Å²) < 4.78 is 0.848. The molecule has 0 aliphatic rings. The summed E-state index contributed by atoms with van der Waals surface area (Å²) in [4.78, 5) is 0. The van der Waals surface area contributed by atoms with Crippen molar-refractivity contribution in [3.63, 3.8) is 0 Å². The van der Waals surface area contributed by atoms with Crippen molar-refractivity contribution in [3.05, 3.63) is 28.2 Å². The molecule has 1 aromatic carbocycles.